The van der Waals surface area contributed by atoms with Gasteiger partial charge in [0.1, 0.15) is 5.82 Å². The van der Waals surface area contributed by atoms with Crippen molar-refractivity contribution in [2.24, 2.45) is 0 Å². The van der Waals surface area contributed by atoms with Gasteiger partial charge < -0.3 is 15.4 Å². The number of aliphatic hydroxyl groups is 1. The van der Waals surface area contributed by atoms with E-state index >= 15 is 0 Å². The highest BCUT2D eigenvalue weighted by Gasteiger charge is 2.19. The van der Waals surface area contributed by atoms with Crippen molar-refractivity contribution in [3.05, 3.63) is 11.9 Å². The zero-order chi connectivity index (χ0) is 9.84. The number of rotatable bonds is 3. The molecular weight excluding hydrogens is 170 g/mol. The van der Waals surface area contributed by atoms with Gasteiger partial charge in [-0.3, -0.25) is 4.79 Å². The van der Waals surface area contributed by atoms with E-state index in [9.17, 15) is 4.79 Å². The molecule has 74 valence electrons. The maximum Gasteiger partial charge on any atom is 0.204 e. The van der Waals surface area contributed by atoms with E-state index in [4.69, 9.17) is 5.11 Å². The first-order valence-corrected chi connectivity index (χ1v) is 4.31. The van der Waals surface area contributed by atoms with Crippen LogP contribution in [0.1, 0.15) is 13.3 Å². The molecular formula is C8H15N3O2. The standard InChI is InChI=1S/C8H15N3O2/c1-3-4-11(2)7-5-6(12)8(13)10-9-7/h5,8-10,13H,3-4H2,1-2H3. The quantitative estimate of drug-likeness (QED) is 0.535. The lowest BCUT2D eigenvalue weighted by molar-refractivity contribution is -0.125. The van der Waals surface area contributed by atoms with Crippen LogP contribution in [0.15, 0.2) is 11.9 Å². The molecule has 5 heteroatoms. The Morgan fingerprint density at radius 2 is 2.38 bits per heavy atom. The third kappa shape index (κ3) is 2.43. The molecule has 1 unspecified atom stereocenters. The Morgan fingerprint density at radius 1 is 1.69 bits per heavy atom. The third-order valence-electron chi connectivity index (χ3n) is 1.86. The van der Waals surface area contributed by atoms with E-state index in [1.807, 2.05) is 11.9 Å². The zero-order valence-electron chi connectivity index (χ0n) is 7.87. The molecule has 0 aromatic heterocycles. The maximum absolute atomic E-state index is 11.1. The molecule has 3 N–H and O–H groups in total. The lowest BCUT2D eigenvalue weighted by Gasteiger charge is -2.27. The molecule has 0 saturated carbocycles. The number of ketones is 1. The van der Waals surface area contributed by atoms with E-state index in [1.165, 1.54) is 6.08 Å². The van der Waals surface area contributed by atoms with Crippen molar-refractivity contribution in [3.63, 3.8) is 0 Å². The number of aliphatic hydroxyl groups excluding tert-OH is 1. The molecule has 0 aliphatic carbocycles. The number of hydrogen-bond donors (Lipinski definition) is 3. The van der Waals surface area contributed by atoms with Crippen molar-refractivity contribution in [1.29, 1.82) is 0 Å². The van der Waals surface area contributed by atoms with Gasteiger partial charge in [-0.15, -0.1) is 0 Å². The molecule has 0 saturated heterocycles. The highest BCUT2D eigenvalue weighted by molar-refractivity contribution is 5.94. The van der Waals surface area contributed by atoms with Gasteiger partial charge in [-0.1, -0.05) is 6.92 Å². The molecule has 0 aromatic rings. The van der Waals surface area contributed by atoms with E-state index in [0.29, 0.717) is 5.82 Å². The van der Waals surface area contributed by atoms with Crippen molar-refractivity contribution >= 4 is 5.78 Å². The van der Waals surface area contributed by atoms with E-state index in [2.05, 4.69) is 17.8 Å². The Hall–Kier alpha value is -1.07. The molecule has 0 amide bonds. The number of nitrogens with zero attached hydrogens (tertiary/aromatic N) is 1. The molecule has 1 atom stereocenters. The van der Waals surface area contributed by atoms with Crippen molar-refractivity contribution < 1.29 is 9.90 Å². The van der Waals surface area contributed by atoms with E-state index < -0.39 is 6.23 Å². The van der Waals surface area contributed by atoms with Crippen molar-refractivity contribution in [3.8, 4) is 0 Å². The normalized spacial score (nSPS) is 22.2. The summed E-state index contributed by atoms with van der Waals surface area (Å²) >= 11 is 0. The van der Waals surface area contributed by atoms with Crippen LogP contribution in [-0.4, -0.2) is 35.6 Å². The van der Waals surface area contributed by atoms with Gasteiger partial charge in [0.2, 0.25) is 5.78 Å². The maximum atomic E-state index is 11.1. The third-order valence-corrected chi connectivity index (χ3v) is 1.86. The Labute approximate surface area is 77.4 Å². The first-order chi connectivity index (χ1) is 6.15. The van der Waals surface area contributed by atoms with Crippen LogP contribution >= 0.6 is 0 Å². The van der Waals surface area contributed by atoms with Crippen molar-refractivity contribution in [2.75, 3.05) is 13.6 Å². The number of hydrogen-bond acceptors (Lipinski definition) is 5. The monoisotopic (exact) mass is 185 g/mol. The molecule has 0 aromatic carbocycles. The van der Waals surface area contributed by atoms with Gasteiger partial charge in [0.05, 0.1) is 0 Å². The van der Waals surface area contributed by atoms with Crippen molar-refractivity contribution in [1.82, 2.24) is 15.8 Å². The van der Waals surface area contributed by atoms with Crippen LogP contribution < -0.4 is 10.9 Å². The van der Waals surface area contributed by atoms with Crippen LogP contribution in [0.3, 0.4) is 0 Å². The predicted molar refractivity (Wildman–Crippen MR) is 48.3 cm³/mol. The highest BCUT2D eigenvalue weighted by atomic mass is 16.3. The largest absolute Gasteiger partial charge is 0.370 e. The highest BCUT2D eigenvalue weighted by Crippen LogP contribution is 2.02. The lowest BCUT2D eigenvalue weighted by Crippen LogP contribution is -2.51. The van der Waals surface area contributed by atoms with Gasteiger partial charge in [-0.05, 0) is 6.42 Å². The first-order valence-electron chi connectivity index (χ1n) is 4.31. The second-order valence-electron chi connectivity index (χ2n) is 3.03. The number of carbonyl (C=O) groups excluding carboxylic acids is 1. The molecule has 1 rings (SSSR count). The topological polar surface area (TPSA) is 64.6 Å². The summed E-state index contributed by atoms with van der Waals surface area (Å²) in [5.74, 6) is 0.369. The summed E-state index contributed by atoms with van der Waals surface area (Å²) in [7, 11) is 1.88. The summed E-state index contributed by atoms with van der Waals surface area (Å²) in [4.78, 5) is 13.0. The van der Waals surface area contributed by atoms with E-state index in [1.54, 1.807) is 0 Å². The SMILES string of the molecule is CCCN(C)C1=CC(=O)C(O)NN1. The fraction of sp³-hybridized carbons (Fsp3) is 0.625. The molecule has 0 spiro atoms. The number of carbonyl (C=O) groups is 1. The van der Waals surface area contributed by atoms with Gasteiger partial charge in [-0.25, -0.2) is 5.43 Å². The van der Waals surface area contributed by atoms with Crippen LogP contribution in [0.5, 0.6) is 0 Å². The van der Waals surface area contributed by atoms with E-state index in [-0.39, 0.29) is 5.78 Å². The fourth-order valence-corrected chi connectivity index (χ4v) is 1.12. The molecule has 0 radical (unpaired) electrons. The first kappa shape index (κ1) is 10.0. The molecule has 13 heavy (non-hydrogen) atoms. The molecule has 1 aliphatic rings. The van der Waals surface area contributed by atoms with Crippen LogP contribution in [0.4, 0.5) is 0 Å². The molecule has 1 heterocycles. The Bertz CT molecular complexity index is 227. The second-order valence-corrected chi connectivity index (χ2v) is 3.03. The van der Waals surface area contributed by atoms with Crippen LogP contribution in [0.25, 0.3) is 0 Å². The summed E-state index contributed by atoms with van der Waals surface area (Å²) < 4.78 is 0. The molecule has 0 fully saturated rings. The van der Waals surface area contributed by atoms with Gasteiger partial charge >= 0.3 is 0 Å². The Kier molecular flexibility index (Phi) is 3.27. The summed E-state index contributed by atoms with van der Waals surface area (Å²) in [6.07, 6.45) is 1.28. The summed E-state index contributed by atoms with van der Waals surface area (Å²) in [6.45, 7) is 2.92. The van der Waals surface area contributed by atoms with Crippen LogP contribution in [0, 0.1) is 0 Å². The average Bonchev–Trinajstić information content (AvgIpc) is 2.10. The predicted octanol–water partition coefficient (Wildman–Crippen LogP) is -0.835. The summed E-state index contributed by atoms with van der Waals surface area (Å²) in [5.41, 5.74) is 5.22. The minimum absolute atomic E-state index is 0.322. The Morgan fingerprint density at radius 3 is 2.92 bits per heavy atom. The molecule has 1 aliphatic heterocycles. The molecule has 5 nitrogen and oxygen atoms in total. The van der Waals surface area contributed by atoms with E-state index in [0.717, 1.165) is 13.0 Å². The summed E-state index contributed by atoms with van der Waals surface area (Å²) in [6, 6.07) is 0. The molecule has 0 bridgehead atoms. The van der Waals surface area contributed by atoms with Gasteiger partial charge in [0, 0.05) is 19.7 Å². The van der Waals surface area contributed by atoms with Gasteiger partial charge in [0.15, 0.2) is 6.23 Å². The minimum Gasteiger partial charge on any atom is -0.370 e. The fourth-order valence-electron chi connectivity index (χ4n) is 1.12. The lowest BCUT2D eigenvalue weighted by atomic mass is 10.3. The van der Waals surface area contributed by atoms with Crippen LogP contribution in [0.2, 0.25) is 0 Å². The van der Waals surface area contributed by atoms with Crippen molar-refractivity contribution in [2.45, 2.75) is 19.6 Å². The smallest absolute Gasteiger partial charge is 0.204 e. The summed E-state index contributed by atoms with van der Waals surface area (Å²) in [5, 5.41) is 9.02. The van der Waals surface area contributed by atoms with Gasteiger partial charge in [0.25, 0.3) is 0 Å². The van der Waals surface area contributed by atoms with Gasteiger partial charge in [-0.2, -0.15) is 0 Å². The zero-order valence-corrected chi connectivity index (χ0v) is 7.87. The second kappa shape index (κ2) is 4.25. The Balaban J connectivity index is 2.60. The minimum atomic E-state index is -1.13. The van der Waals surface area contributed by atoms with Crippen LogP contribution in [-0.2, 0) is 4.79 Å². The number of hydrazine groups is 1. The average molecular weight is 185 g/mol. The number of nitrogens with one attached hydrogen (secondary N) is 2.